The second kappa shape index (κ2) is 10.6. The molecular weight excluding hydrogens is 394 g/mol. The molecule has 0 fully saturated rings. The second-order valence-corrected chi connectivity index (χ2v) is 7.17. The normalized spacial score (nSPS) is 11.4. The molecule has 7 heteroatoms. The Hall–Kier alpha value is -2.86. The van der Waals surface area contributed by atoms with Crippen LogP contribution in [0.15, 0.2) is 42.5 Å². The smallest absolute Gasteiger partial charge is 0.344 e. The minimum absolute atomic E-state index is 0.175. The zero-order valence-corrected chi connectivity index (χ0v) is 17.4. The lowest BCUT2D eigenvalue weighted by Crippen LogP contribution is -2.43. The van der Waals surface area contributed by atoms with Gasteiger partial charge in [-0.3, -0.25) is 9.59 Å². The zero-order chi connectivity index (χ0) is 21.4. The lowest BCUT2D eigenvalue weighted by molar-refractivity contribution is -0.150. The molecule has 0 aliphatic carbocycles. The van der Waals surface area contributed by atoms with Gasteiger partial charge in [-0.25, -0.2) is 4.79 Å². The average Bonchev–Trinajstić information content (AvgIpc) is 2.65. The van der Waals surface area contributed by atoms with Crippen molar-refractivity contribution in [2.24, 2.45) is 0 Å². The maximum absolute atomic E-state index is 12.1. The Morgan fingerprint density at radius 2 is 1.66 bits per heavy atom. The van der Waals surface area contributed by atoms with Gasteiger partial charge in [0.05, 0.1) is 6.04 Å². The van der Waals surface area contributed by atoms with E-state index in [1.807, 2.05) is 44.2 Å². The van der Waals surface area contributed by atoms with E-state index in [4.69, 9.17) is 21.1 Å². The molecule has 1 N–H and O–H groups in total. The molecule has 154 valence electrons. The number of hydrogen-bond acceptors (Lipinski definition) is 5. The molecule has 29 heavy (non-hydrogen) atoms. The molecule has 0 aliphatic rings. The van der Waals surface area contributed by atoms with Crippen molar-refractivity contribution in [2.75, 3.05) is 13.2 Å². The highest BCUT2D eigenvalue weighted by molar-refractivity contribution is 6.30. The van der Waals surface area contributed by atoms with E-state index in [9.17, 15) is 14.4 Å². The number of carbonyl (C=O) groups excluding carboxylic acids is 3. The predicted octanol–water partition coefficient (Wildman–Crippen LogP) is 3.20. The molecule has 2 rings (SSSR count). The van der Waals surface area contributed by atoms with Gasteiger partial charge >= 0.3 is 5.97 Å². The maximum atomic E-state index is 12.1. The Morgan fingerprint density at radius 3 is 2.24 bits per heavy atom. The quantitative estimate of drug-likeness (QED) is 0.633. The molecule has 0 spiro atoms. The molecule has 2 aromatic carbocycles. The Balaban J connectivity index is 1.81. The summed E-state index contributed by atoms with van der Waals surface area (Å²) in [6, 6.07) is 12.1. The van der Waals surface area contributed by atoms with Gasteiger partial charge in [0.1, 0.15) is 5.75 Å². The number of amides is 1. The fourth-order valence-electron chi connectivity index (χ4n) is 2.83. The van der Waals surface area contributed by atoms with Crippen LogP contribution in [0.3, 0.4) is 0 Å². The van der Waals surface area contributed by atoms with Gasteiger partial charge in [0.2, 0.25) is 0 Å². The Labute approximate surface area is 175 Å². The lowest BCUT2D eigenvalue weighted by Gasteiger charge is -2.16. The van der Waals surface area contributed by atoms with Crippen molar-refractivity contribution in [3.05, 3.63) is 64.2 Å². The third kappa shape index (κ3) is 7.23. The van der Waals surface area contributed by atoms with Crippen LogP contribution in [-0.4, -0.2) is 36.9 Å². The van der Waals surface area contributed by atoms with Crippen LogP contribution in [0.5, 0.6) is 5.75 Å². The van der Waals surface area contributed by atoms with Gasteiger partial charge in [-0.2, -0.15) is 0 Å². The molecule has 0 saturated carbocycles. The van der Waals surface area contributed by atoms with E-state index in [0.717, 1.165) is 16.7 Å². The van der Waals surface area contributed by atoms with Gasteiger partial charge in [-0.1, -0.05) is 41.9 Å². The van der Waals surface area contributed by atoms with E-state index in [-0.39, 0.29) is 12.4 Å². The van der Waals surface area contributed by atoms with Crippen LogP contribution in [0.25, 0.3) is 0 Å². The number of esters is 1. The first-order valence-corrected chi connectivity index (χ1v) is 9.53. The summed E-state index contributed by atoms with van der Waals surface area (Å²) in [5, 5.41) is 3.18. The van der Waals surface area contributed by atoms with Crippen LogP contribution in [0.1, 0.15) is 23.6 Å². The molecule has 2 aromatic rings. The SMILES string of the molecule is CC(=O)[C@@H](Cc1ccccc1)NC(=O)COC(=O)COc1c(C)cc(Cl)cc1C. The molecule has 0 aromatic heterocycles. The zero-order valence-electron chi connectivity index (χ0n) is 16.7. The highest BCUT2D eigenvalue weighted by Crippen LogP contribution is 2.26. The molecule has 0 heterocycles. The number of nitrogens with one attached hydrogen (secondary N) is 1. The minimum atomic E-state index is -0.684. The van der Waals surface area contributed by atoms with Crippen molar-refractivity contribution in [3.63, 3.8) is 0 Å². The second-order valence-electron chi connectivity index (χ2n) is 6.74. The molecule has 0 saturated heterocycles. The first-order chi connectivity index (χ1) is 13.8. The molecule has 0 aliphatic heterocycles. The number of Topliss-reactive ketones (excluding diaryl/α,β-unsaturated/α-hetero) is 1. The van der Waals surface area contributed by atoms with E-state index >= 15 is 0 Å². The van der Waals surface area contributed by atoms with Crippen LogP contribution < -0.4 is 10.1 Å². The van der Waals surface area contributed by atoms with Crippen LogP contribution in [0, 0.1) is 13.8 Å². The number of carbonyl (C=O) groups is 3. The largest absolute Gasteiger partial charge is 0.481 e. The fourth-order valence-corrected chi connectivity index (χ4v) is 3.15. The lowest BCUT2D eigenvalue weighted by atomic mass is 10.0. The summed E-state index contributed by atoms with van der Waals surface area (Å²) in [7, 11) is 0. The Bertz CT molecular complexity index is 859. The molecule has 0 radical (unpaired) electrons. The van der Waals surface area contributed by atoms with Gasteiger partial charge in [-0.05, 0) is 56.0 Å². The standard InChI is InChI=1S/C22H24ClNO5/c1-14-9-18(23)10-15(2)22(14)29-13-21(27)28-12-20(26)24-19(16(3)25)11-17-7-5-4-6-8-17/h4-10,19H,11-13H2,1-3H3,(H,24,26)/t19-/m1/s1. The van der Waals surface area contributed by atoms with Gasteiger partial charge in [0.25, 0.3) is 5.91 Å². The monoisotopic (exact) mass is 417 g/mol. The molecule has 6 nitrogen and oxygen atoms in total. The number of ketones is 1. The minimum Gasteiger partial charge on any atom is -0.481 e. The summed E-state index contributed by atoms with van der Waals surface area (Å²) in [4.78, 5) is 35.8. The van der Waals surface area contributed by atoms with E-state index in [1.54, 1.807) is 12.1 Å². The van der Waals surface area contributed by atoms with Crippen molar-refractivity contribution in [1.82, 2.24) is 5.32 Å². The summed E-state index contributed by atoms with van der Waals surface area (Å²) >= 11 is 5.97. The van der Waals surface area contributed by atoms with Crippen molar-refractivity contribution >= 4 is 29.3 Å². The maximum Gasteiger partial charge on any atom is 0.344 e. The van der Waals surface area contributed by atoms with Crippen LogP contribution in [0.2, 0.25) is 5.02 Å². The number of aryl methyl sites for hydroxylation is 2. The van der Waals surface area contributed by atoms with Gasteiger partial charge in [0, 0.05) is 5.02 Å². The Morgan fingerprint density at radius 1 is 1.03 bits per heavy atom. The number of halogens is 1. The third-order valence-corrected chi connectivity index (χ3v) is 4.45. The predicted molar refractivity (Wildman–Crippen MR) is 110 cm³/mol. The number of ether oxygens (including phenoxy) is 2. The van der Waals surface area contributed by atoms with Gasteiger partial charge < -0.3 is 14.8 Å². The van der Waals surface area contributed by atoms with E-state index < -0.39 is 24.5 Å². The van der Waals surface area contributed by atoms with E-state index in [2.05, 4.69) is 5.32 Å². The molecule has 0 bridgehead atoms. The third-order valence-electron chi connectivity index (χ3n) is 4.23. The molecule has 1 atom stereocenters. The van der Waals surface area contributed by atoms with Crippen molar-refractivity contribution in [3.8, 4) is 5.75 Å². The average molecular weight is 418 g/mol. The number of hydrogen-bond donors (Lipinski definition) is 1. The molecule has 1 amide bonds. The van der Waals surface area contributed by atoms with Gasteiger partial charge in [-0.15, -0.1) is 0 Å². The Kier molecular flexibility index (Phi) is 8.21. The summed E-state index contributed by atoms with van der Waals surface area (Å²) in [5.74, 6) is -0.856. The first kappa shape index (κ1) is 22.4. The van der Waals surface area contributed by atoms with Crippen LogP contribution >= 0.6 is 11.6 Å². The summed E-state index contributed by atoms with van der Waals surface area (Å²) in [6.45, 7) is 4.23. The highest BCUT2D eigenvalue weighted by atomic mass is 35.5. The number of benzene rings is 2. The van der Waals surface area contributed by atoms with Crippen molar-refractivity contribution in [2.45, 2.75) is 33.2 Å². The van der Waals surface area contributed by atoms with Crippen molar-refractivity contribution in [1.29, 1.82) is 0 Å². The van der Waals surface area contributed by atoms with Crippen LogP contribution in [0.4, 0.5) is 0 Å². The highest BCUT2D eigenvalue weighted by Gasteiger charge is 2.19. The fraction of sp³-hybridized carbons (Fsp3) is 0.318. The first-order valence-electron chi connectivity index (χ1n) is 9.15. The van der Waals surface area contributed by atoms with Crippen molar-refractivity contribution < 1.29 is 23.9 Å². The van der Waals surface area contributed by atoms with E-state index in [1.165, 1.54) is 6.92 Å². The topological polar surface area (TPSA) is 81.7 Å². The van der Waals surface area contributed by atoms with Crippen LogP contribution in [-0.2, 0) is 25.5 Å². The number of rotatable bonds is 9. The summed E-state index contributed by atoms with van der Waals surface area (Å²) in [6.07, 6.45) is 0.369. The molecule has 0 unspecified atom stereocenters. The van der Waals surface area contributed by atoms with Gasteiger partial charge in [0.15, 0.2) is 19.0 Å². The molecular formula is C22H24ClNO5. The summed E-state index contributed by atoms with van der Waals surface area (Å²) in [5.41, 5.74) is 2.52. The summed E-state index contributed by atoms with van der Waals surface area (Å²) < 4.78 is 10.4. The van der Waals surface area contributed by atoms with E-state index in [0.29, 0.717) is 17.2 Å².